The van der Waals surface area contributed by atoms with Crippen LogP contribution in [0.4, 0.5) is 11.4 Å². The SMILES string of the molecule is Brc1ccc(CN2CCOCC2)nc1.I.Nc1ccc(-c2ccc(CN3CCOCC3)nc2)c2ccccc12.Nc1ccc(Br)c2ccccc12.[Cl-]. The van der Waals surface area contributed by atoms with Crippen LogP contribution in [0.5, 0.6) is 0 Å². The van der Waals surface area contributed by atoms with Gasteiger partial charge >= 0.3 is 0 Å². The van der Waals surface area contributed by atoms with Crippen molar-refractivity contribution in [3.8, 4) is 11.1 Å². The summed E-state index contributed by atoms with van der Waals surface area (Å²) in [6.45, 7) is 9.11. The Bertz CT molecular complexity index is 1950. The van der Waals surface area contributed by atoms with Crippen molar-refractivity contribution in [1.29, 1.82) is 0 Å². The summed E-state index contributed by atoms with van der Waals surface area (Å²) in [5.41, 5.74) is 18.1. The first kappa shape index (κ1) is 41.9. The van der Waals surface area contributed by atoms with Gasteiger partial charge in [-0.3, -0.25) is 19.8 Å². The van der Waals surface area contributed by atoms with Crippen molar-refractivity contribution in [3.63, 3.8) is 0 Å². The molecule has 0 bridgehead atoms. The van der Waals surface area contributed by atoms with E-state index in [2.05, 4.69) is 94.1 Å². The van der Waals surface area contributed by atoms with Gasteiger partial charge in [0.25, 0.3) is 0 Å². The van der Waals surface area contributed by atoms with Crippen molar-refractivity contribution in [2.45, 2.75) is 13.1 Å². The molecule has 274 valence electrons. The Hall–Kier alpha value is -2.88. The average Bonchev–Trinajstić information content (AvgIpc) is 3.16. The van der Waals surface area contributed by atoms with Crippen molar-refractivity contribution in [2.24, 2.45) is 0 Å². The fourth-order valence-corrected chi connectivity index (χ4v) is 6.73. The first-order valence-corrected chi connectivity index (χ1v) is 18.4. The number of rotatable bonds is 5. The van der Waals surface area contributed by atoms with Gasteiger partial charge in [-0.15, -0.1) is 24.0 Å². The average molecular weight is 962 g/mol. The lowest BCUT2D eigenvalue weighted by Crippen LogP contribution is -3.00. The van der Waals surface area contributed by atoms with E-state index in [1.54, 1.807) is 0 Å². The number of morpholine rings is 2. The molecule has 8 nitrogen and oxygen atoms in total. The van der Waals surface area contributed by atoms with Gasteiger partial charge in [0.05, 0.1) is 37.8 Å². The molecule has 8 rings (SSSR count). The smallest absolute Gasteiger partial charge is 0.0594 e. The molecule has 12 heteroatoms. The van der Waals surface area contributed by atoms with Crippen LogP contribution in [0.1, 0.15) is 11.4 Å². The fraction of sp³-hybridized carbons (Fsp3) is 0.250. The molecule has 2 fully saturated rings. The number of aromatic nitrogens is 2. The molecule has 0 saturated carbocycles. The third kappa shape index (κ3) is 11.6. The molecule has 2 aromatic heterocycles. The highest BCUT2D eigenvalue weighted by molar-refractivity contribution is 14.0. The summed E-state index contributed by atoms with van der Waals surface area (Å²) < 4.78 is 12.8. The van der Waals surface area contributed by atoms with E-state index in [1.807, 2.05) is 67.0 Å². The summed E-state index contributed by atoms with van der Waals surface area (Å²) in [6, 6.07) is 32.6. The van der Waals surface area contributed by atoms with E-state index in [-0.39, 0.29) is 36.4 Å². The van der Waals surface area contributed by atoms with Crippen LogP contribution in [0.25, 0.3) is 32.7 Å². The summed E-state index contributed by atoms with van der Waals surface area (Å²) >= 11 is 6.85. The fourth-order valence-electron chi connectivity index (χ4n) is 6.01. The van der Waals surface area contributed by atoms with Crippen molar-refractivity contribution in [3.05, 3.63) is 130 Å². The number of hydrogen-bond acceptors (Lipinski definition) is 8. The molecule has 4 heterocycles. The van der Waals surface area contributed by atoms with Crippen molar-refractivity contribution in [1.82, 2.24) is 19.8 Å². The molecular weight excluding hydrogens is 919 g/mol. The molecule has 0 radical (unpaired) electrons. The number of pyridine rings is 2. The number of benzene rings is 4. The third-order valence-electron chi connectivity index (χ3n) is 8.77. The van der Waals surface area contributed by atoms with E-state index >= 15 is 0 Å². The Kier molecular flexibility index (Phi) is 17.0. The summed E-state index contributed by atoms with van der Waals surface area (Å²) in [6.07, 6.45) is 3.81. The summed E-state index contributed by atoms with van der Waals surface area (Å²) in [7, 11) is 0. The predicted octanol–water partition coefficient (Wildman–Crippen LogP) is 5.80. The third-order valence-corrected chi connectivity index (χ3v) is 9.93. The van der Waals surface area contributed by atoms with Gasteiger partial charge in [0.1, 0.15) is 0 Å². The van der Waals surface area contributed by atoms with E-state index in [0.29, 0.717) is 0 Å². The monoisotopic (exact) mass is 959 g/mol. The van der Waals surface area contributed by atoms with Gasteiger partial charge in [-0.1, -0.05) is 76.6 Å². The first-order chi connectivity index (χ1) is 24.4. The van der Waals surface area contributed by atoms with Crippen LogP contribution in [0.3, 0.4) is 0 Å². The van der Waals surface area contributed by atoms with Gasteiger partial charge in [0, 0.05) is 88.3 Å². The van der Waals surface area contributed by atoms with Gasteiger partial charge in [0.2, 0.25) is 0 Å². The minimum Gasteiger partial charge on any atom is -1.00 e. The molecule has 0 atom stereocenters. The lowest BCUT2D eigenvalue weighted by molar-refractivity contribution is -0.0000142. The molecule has 2 aliphatic rings. The maximum Gasteiger partial charge on any atom is 0.0594 e. The lowest BCUT2D eigenvalue weighted by atomic mass is 9.98. The summed E-state index contributed by atoms with van der Waals surface area (Å²) in [5, 5.41) is 4.52. The zero-order valence-corrected chi connectivity index (χ0v) is 35.0. The van der Waals surface area contributed by atoms with Gasteiger partial charge in [-0.25, -0.2) is 0 Å². The second-order valence-corrected chi connectivity index (χ2v) is 14.0. The van der Waals surface area contributed by atoms with Crippen LogP contribution >= 0.6 is 55.8 Å². The molecule has 2 aliphatic heterocycles. The maximum atomic E-state index is 6.10. The first-order valence-electron chi connectivity index (χ1n) is 16.8. The normalized spacial score (nSPS) is 14.6. The number of nitrogen functional groups attached to an aromatic ring is 2. The molecule has 0 unspecified atom stereocenters. The number of halogens is 4. The predicted molar refractivity (Wildman–Crippen MR) is 227 cm³/mol. The number of nitrogens with zero attached hydrogens (tertiary/aromatic N) is 4. The van der Waals surface area contributed by atoms with E-state index in [1.165, 1.54) is 10.9 Å². The molecule has 4 aromatic carbocycles. The van der Waals surface area contributed by atoms with E-state index in [0.717, 1.165) is 119 Å². The van der Waals surface area contributed by atoms with Crippen LogP contribution < -0.4 is 23.9 Å². The number of nitrogens with two attached hydrogens (primary N) is 2. The van der Waals surface area contributed by atoms with Crippen LogP contribution in [-0.4, -0.2) is 72.4 Å². The van der Waals surface area contributed by atoms with Gasteiger partial charge in [-0.05, 0) is 68.7 Å². The lowest BCUT2D eigenvalue weighted by Gasteiger charge is -2.26. The van der Waals surface area contributed by atoms with Crippen LogP contribution in [0.15, 0.2) is 118 Å². The molecular formula is C40H43Br2ClIN6O2-. The molecule has 2 saturated heterocycles. The Morgan fingerprint density at radius 2 is 1.04 bits per heavy atom. The highest BCUT2D eigenvalue weighted by atomic mass is 127. The van der Waals surface area contributed by atoms with Crippen molar-refractivity contribution in [2.75, 3.05) is 64.1 Å². The Morgan fingerprint density at radius 3 is 1.54 bits per heavy atom. The molecule has 52 heavy (non-hydrogen) atoms. The summed E-state index contributed by atoms with van der Waals surface area (Å²) in [5.74, 6) is 0. The van der Waals surface area contributed by atoms with Crippen LogP contribution in [-0.2, 0) is 22.6 Å². The van der Waals surface area contributed by atoms with Crippen LogP contribution in [0.2, 0.25) is 0 Å². The number of hydrogen-bond donors (Lipinski definition) is 2. The van der Waals surface area contributed by atoms with Gasteiger partial charge < -0.3 is 33.3 Å². The highest BCUT2D eigenvalue weighted by Gasteiger charge is 2.13. The minimum atomic E-state index is 0. The molecule has 0 amide bonds. The Balaban J connectivity index is 0.000000185. The number of ether oxygens (including phenoxy) is 2. The van der Waals surface area contributed by atoms with Gasteiger partial charge in [0.15, 0.2) is 0 Å². The quantitative estimate of drug-likeness (QED) is 0.165. The van der Waals surface area contributed by atoms with Crippen molar-refractivity contribution >= 4 is 88.8 Å². The summed E-state index contributed by atoms with van der Waals surface area (Å²) in [4.78, 5) is 13.7. The second kappa shape index (κ2) is 21.1. The highest BCUT2D eigenvalue weighted by Crippen LogP contribution is 2.32. The zero-order valence-electron chi connectivity index (χ0n) is 28.8. The zero-order chi connectivity index (χ0) is 34.7. The Morgan fingerprint density at radius 1 is 0.558 bits per heavy atom. The van der Waals surface area contributed by atoms with Crippen molar-refractivity contribution < 1.29 is 21.9 Å². The molecule has 0 aliphatic carbocycles. The van der Waals surface area contributed by atoms with Crippen LogP contribution in [0, 0.1) is 0 Å². The number of anilines is 2. The van der Waals surface area contributed by atoms with E-state index in [4.69, 9.17) is 20.9 Å². The topological polar surface area (TPSA) is 103 Å². The maximum absolute atomic E-state index is 6.10. The largest absolute Gasteiger partial charge is 1.00 e. The second-order valence-electron chi connectivity index (χ2n) is 12.2. The Labute approximate surface area is 346 Å². The molecule has 4 N–H and O–H groups in total. The van der Waals surface area contributed by atoms with Gasteiger partial charge in [-0.2, -0.15) is 0 Å². The molecule has 6 aromatic rings. The standard InChI is InChI=1S/C20H21N3O.C10H13BrN2O.C10H8BrN.ClH.HI/c21-20-8-7-17(18-3-1-2-4-19(18)20)15-5-6-16(22-13-15)14-23-9-11-24-12-10-23;11-9-1-2-10(12-7-9)8-13-3-5-14-6-4-13;11-9-5-6-10(12)8-4-2-1-3-7(8)9;;/h1-8,13H,9-12,14,21H2;1-2,7H,3-6,8H2;1-6H,12H2;2*1H/p-1. The van der Waals surface area contributed by atoms with E-state index in [9.17, 15) is 0 Å². The number of fused-ring (bicyclic) bond motifs is 2. The van der Waals surface area contributed by atoms with E-state index < -0.39 is 0 Å². The molecule has 0 spiro atoms. The minimum absolute atomic E-state index is 0.